The van der Waals surface area contributed by atoms with Gasteiger partial charge >= 0.3 is 5.69 Å². The molecule has 0 aliphatic rings. The molecule has 0 aliphatic carbocycles. The summed E-state index contributed by atoms with van der Waals surface area (Å²) in [4.78, 5) is 19.0. The maximum atomic E-state index is 11.2. The molecule has 2 N–H and O–H groups in total. The van der Waals surface area contributed by atoms with Crippen LogP contribution in [-0.4, -0.2) is 28.0 Å². The maximum absolute atomic E-state index is 11.2. The molecule has 2 rings (SSSR count). The Balaban J connectivity index is 2.16. The van der Waals surface area contributed by atoms with E-state index >= 15 is 0 Å². The first-order chi connectivity index (χ1) is 10.1. The number of nitro groups is 1. The fraction of sp³-hybridized carbons (Fsp3) is 0.385. The predicted octanol–water partition coefficient (Wildman–Crippen LogP) is 2.84. The van der Waals surface area contributed by atoms with Crippen LogP contribution in [0, 0.1) is 17.0 Å². The van der Waals surface area contributed by atoms with Crippen LogP contribution in [0.15, 0.2) is 16.8 Å². The number of aryl methyl sites for hydroxylation is 1. The lowest BCUT2D eigenvalue weighted by atomic mass is 10.2. The lowest BCUT2D eigenvalue weighted by molar-refractivity contribution is -0.385. The van der Waals surface area contributed by atoms with Gasteiger partial charge in [-0.05, 0) is 42.7 Å². The normalized spacial score (nSPS) is 10.4. The molecule has 8 heteroatoms. The molecular weight excluding hydrogens is 290 g/mol. The Bertz CT molecular complexity index is 615. The number of hydrogen-bond acceptors (Lipinski definition) is 7. The zero-order valence-electron chi connectivity index (χ0n) is 11.9. The van der Waals surface area contributed by atoms with Gasteiger partial charge in [0.2, 0.25) is 11.8 Å². The number of aromatic nitrogens is 2. The van der Waals surface area contributed by atoms with Crippen molar-refractivity contribution in [1.29, 1.82) is 0 Å². The Morgan fingerprint density at radius 3 is 2.81 bits per heavy atom. The maximum Gasteiger partial charge on any atom is 0.332 e. The third-order valence-electron chi connectivity index (χ3n) is 2.86. The number of thiophene rings is 1. The Hall–Kier alpha value is -2.22. The van der Waals surface area contributed by atoms with Crippen LogP contribution in [0.5, 0.6) is 0 Å². The van der Waals surface area contributed by atoms with Crippen molar-refractivity contribution in [3.05, 3.63) is 38.2 Å². The number of anilines is 2. The molecule has 0 saturated carbocycles. The molecular formula is C13H17N5O2S. The van der Waals surface area contributed by atoms with E-state index in [4.69, 9.17) is 0 Å². The van der Waals surface area contributed by atoms with Crippen molar-refractivity contribution in [2.75, 3.05) is 23.7 Å². The molecule has 0 atom stereocenters. The number of hydrogen-bond donors (Lipinski definition) is 2. The summed E-state index contributed by atoms with van der Waals surface area (Å²) in [5, 5.41) is 21.3. The van der Waals surface area contributed by atoms with Crippen LogP contribution >= 0.6 is 11.3 Å². The summed E-state index contributed by atoms with van der Waals surface area (Å²) < 4.78 is 0. The zero-order valence-corrected chi connectivity index (χ0v) is 12.7. The van der Waals surface area contributed by atoms with E-state index in [0.717, 1.165) is 6.42 Å². The van der Waals surface area contributed by atoms with Crippen LogP contribution in [0.4, 0.5) is 17.5 Å². The van der Waals surface area contributed by atoms with Crippen molar-refractivity contribution in [1.82, 2.24) is 9.97 Å². The van der Waals surface area contributed by atoms with E-state index in [1.54, 1.807) is 18.3 Å². The lowest BCUT2D eigenvalue weighted by Gasteiger charge is -2.09. The summed E-state index contributed by atoms with van der Waals surface area (Å²) in [6.07, 6.45) is 0.792. The molecule has 0 aromatic carbocycles. The van der Waals surface area contributed by atoms with Gasteiger partial charge in [-0.3, -0.25) is 10.1 Å². The van der Waals surface area contributed by atoms with Crippen molar-refractivity contribution < 1.29 is 4.92 Å². The van der Waals surface area contributed by atoms with E-state index in [9.17, 15) is 10.1 Å². The zero-order chi connectivity index (χ0) is 15.2. The Kier molecular flexibility index (Phi) is 5.04. The van der Waals surface area contributed by atoms with Gasteiger partial charge in [-0.2, -0.15) is 16.3 Å². The van der Waals surface area contributed by atoms with Crippen molar-refractivity contribution in [2.24, 2.45) is 0 Å². The summed E-state index contributed by atoms with van der Waals surface area (Å²) >= 11 is 1.63. The highest BCUT2D eigenvalue weighted by atomic mass is 32.1. The molecule has 0 amide bonds. The first kappa shape index (κ1) is 15.2. The Morgan fingerprint density at radius 1 is 1.38 bits per heavy atom. The van der Waals surface area contributed by atoms with Gasteiger partial charge in [-0.25, -0.2) is 4.98 Å². The molecule has 7 nitrogen and oxygen atoms in total. The second-order valence-corrected chi connectivity index (χ2v) is 5.21. The average molecular weight is 307 g/mol. The van der Waals surface area contributed by atoms with Gasteiger partial charge in [0.15, 0.2) is 0 Å². The van der Waals surface area contributed by atoms with Gasteiger partial charge in [0, 0.05) is 13.1 Å². The SMILES string of the molecule is CCNc1nc(C)c([N+](=O)[O-])c(NCCc2ccsc2)n1. The second kappa shape index (κ2) is 6.98. The van der Waals surface area contributed by atoms with Crippen molar-refractivity contribution in [2.45, 2.75) is 20.3 Å². The highest BCUT2D eigenvalue weighted by molar-refractivity contribution is 7.07. The van der Waals surface area contributed by atoms with E-state index in [1.807, 2.05) is 18.4 Å². The molecule has 21 heavy (non-hydrogen) atoms. The summed E-state index contributed by atoms with van der Waals surface area (Å²) in [5.74, 6) is 0.664. The van der Waals surface area contributed by atoms with Crippen molar-refractivity contribution >= 4 is 28.8 Å². The third-order valence-corrected chi connectivity index (χ3v) is 3.59. The van der Waals surface area contributed by atoms with Crippen LogP contribution in [0.25, 0.3) is 0 Å². The van der Waals surface area contributed by atoms with Gasteiger partial charge in [0.25, 0.3) is 0 Å². The fourth-order valence-electron chi connectivity index (χ4n) is 1.91. The van der Waals surface area contributed by atoms with Crippen molar-refractivity contribution in [3.8, 4) is 0 Å². The number of nitrogens with one attached hydrogen (secondary N) is 2. The molecule has 0 spiro atoms. The van der Waals surface area contributed by atoms with Gasteiger partial charge < -0.3 is 10.6 Å². The molecule has 0 saturated heterocycles. The topological polar surface area (TPSA) is 93.0 Å². The van der Waals surface area contributed by atoms with E-state index < -0.39 is 4.92 Å². The summed E-state index contributed by atoms with van der Waals surface area (Å²) in [6.45, 7) is 4.78. The molecule has 0 bridgehead atoms. The van der Waals surface area contributed by atoms with Crippen LogP contribution in [0.3, 0.4) is 0 Å². The largest absolute Gasteiger partial charge is 0.364 e. The molecule has 0 aliphatic heterocycles. The van der Waals surface area contributed by atoms with Crippen LogP contribution in [0.1, 0.15) is 18.2 Å². The van der Waals surface area contributed by atoms with Gasteiger partial charge in [0.1, 0.15) is 5.69 Å². The van der Waals surface area contributed by atoms with Crippen LogP contribution in [-0.2, 0) is 6.42 Å². The highest BCUT2D eigenvalue weighted by Crippen LogP contribution is 2.26. The van der Waals surface area contributed by atoms with E-state index in [1.165, 1.54) is 5.56 Å². The first-order valence-corrected chi connectivity index (χ1v) is 7.58. The van der Waals surface area contributed by atoms with Gasteiger partial charge in [0.05, 0.1) is 4.92 Å². The summed E-state index contributed by atoms with van der Waals surface area (Å²) in [6, 6.07) is 2.04. The average Bonchev–Trinajstić information content (AvgIpc) is 2.91. The lowest BCUT2D eigenvalue weighted by Crippen LogP contribution is -2.12. The van der Waals surface area contributed by atoms with Crippen molar-refractivity contribution in [3.63, 3.8) is 0 Å². The van der Waals surface area contributed by atoms with Gasteiger partial charge in [-0.15, -0.1) is 0 Å². The quantitative estimate of drug-likeness (QED) is 0.603. The summed E-state index contributed by atoms with van der Waals surface area (Å²) in [5.41, 5.74) is 1.48. The van der Waals surface area contributed by atoms with Crippen LogP contribution < -0.4 is 10.6 Å². The Morgan fingerprint density at radius 2 is 2.19 bits per heavy atom. The Labute approximate surface area is 126 Å². The molecule has 2 aromatic rings. The molecule has 0 unspecified atom stereocenters. The molecule has 0 fully saturated rings. The van der Waals surface area contributed by atoms with Crippen LogP contribution in [0.2, 0.25) is 0 Å². The molecule has 112 valence electrons. The van der Waals surface area contributed by atoms with E-state index in [-0.39, 0.29) is 11.5 Å². The van der Waals surface area contributed by atoms with E-state index in [2.05, 4.69) is 26.0 Å². The highest BCUT2D eigenvalue weighted by Gasteiger charge is 2.21. The number of nitrogens with zero attached hydrogens (tertiary/aromatic N) is 3. The fourth-order valence-corrected chi connectivity index (χ4v) is 2.61. The molecule has 2 heterocycles. The standard InChI is InChI=1S/C13H17N5O2S/c1-3-14-13-16-9(2)11(18(19)20)12(17-13)15-6-4-10-5-7-21-8-10/h5,7-8H,3-4,6H2,1-2H3,(H2,14,15,16,17). The van der Waals surface area contributed by atoms with Gasteiger partial charge in [-0.1, -0.05) is 0 Å². The predicted molar refractivity (Wildman–Crippen MR) is 84.1 cm³/mol. The minimum absolute atomic E-state index is 0.0676. The third kappa shape index (κ3) is 3.88. The second-order valence-electron chi connectivity index (χ2n) is 4.43. The molecule has 0 radical (unpaired) electrons. The smallest absolute Gasteiger partial charge is 0.332 e. The first-order valence-electron chi connectivity index (χ1n) is 6.63. The minimum atomic E-state index is -0.446. The molecule has 2 aromatic heterocycles. The van der Waals surface area contributed by atoms with E-state index in [0.29, 0.717) is 24.7 Å². The minimum Gasteiger partial charge on any atom is -0.364 e. The monoisotopic (exact) mass is 307 g/mol. The summed E-state index contributed by atoms with van der Waals surface area (Å²) in [7, 11) is 0. The number of rotatable bonds is 7.